The van der Waals surface area contributed by atoms with Gasteiger partial charge in [0.15, 0.2) is 0 Å². The molecule has 1 fully saturated rings. The van der Waals surface area contributed by atoms with Gasteiger partial charge in [0.25, 0.3) is 0 Å². The first-order chi connectivity index (χ1) is 13.5. The summed E-state index contributed by atoms with van der Waals surface area (Å²) in [6.45, 7) is 5.18. The minimum absolute atomic E-state index is 0.0326. The first-order valence-corrected chi connectivity index (χ1v) is 10.1. The van der Waals surface area contributed by atoms with Gasteiger partial charge < -0.3 is 10.2 Å². The van der Waals surface area contributed by atoms with Crippen LogP contribution in [0, 0.1) is 5.82 Å². The standard InChI is InChI=1S/C23H30FN3O/c1-18(19-10-12-21(24)13-11-19)25-23(28)17-26(2)16-20-8-4-5-9-22(20)27-14-6-3-7-15-27/h4-5,8-13,18H,3,6-7,14-17H2,1-2H3,(H,25,28). The number of benzene rings is 2. The summed E-state index contributed by atoms with van der Waals surface area (Å²) in [5.74, 6) is -0.302. The van der Waals surface area contributed by atoms with Crippen molar-refractivity contribution in [3.63, 3.8) is 0 Å². The molecule has 3 rings (SSSR count). The van der Waals surface area contributed by atoms with Gasteiger partial charge in [-0.05, 0) is 62.6 Å². The number of nitrogens with zero attached hydrogens (tertiary/aromatic N) is 2. The lowest BCUT2D eigenvalue weighted by Crippen LogP contribution is -2.36. The summed E-state index contributed by atoms with van der Waals surface area (Å²) in [6.07, 6.45) is 3.80. The van der Waals surface area contributed by atoms with Gasteiger partial charge in [-0.15, -0.1) is 0 Å². The molecule has 150 valence electrons. The molecule has 1 aliphatic rings. The van der Waals surface area contributed by atoms with Crippen LogP contribution in [0.3, 0.4) is 0 Å². The maximum atomic E-state index is 13.1. The van der Waals surface area contributed by atoms with Gasteiger partial charge in [-0.25, -0.2) is 4.39 Å². The number of para-hydroxylation sites is 1. The van der Waals surface area contributed by atoms with Gasteiger partial charge in [0.05, 0.1) is 12.6 Å². The van der Waals surface area contributed by atoms with Crippen molar-refractivity contribution in [2.75, 3.05) is 31.6 Å². The van der Waals surface area contributed by atoms with E-state index in [1.165, 1.54) is 42.6 Å². The van der Waals surface area contributed by atoms with E-state index in [0.717, 1.165) is 25.2 Å². The van der Waals surface area contributed by atoms with E-state index in [4.69, 9.17) is 0 Å². The van der Waals surface area contributed by atoms with E-state index < -0.39 is 0 Å². The van der Waals surface area contributed by atoms with Crippen LogP contribution in [0.4, 0.5) is 10.1 Å². The zero-order chi connectivity index (χ0) is 19.9. The first-order valence-electron chi connectivity index (χ1n) is 10.1. The van der Waals surface area contributed by atoms with Crippen LogP contribution in [0.5, 0.6) is 0 Å². The molecule has 2 aromatic carbocycles. The van der Waals surface area contributed by atoms with Crippen molar-refractivity contribution in [2.24, 2.45) is 0 Å². The van der Waals surface area contributed by atoms with Gasteiger partial charge in [-0.2, -0.15) is 0 Å². The third kappa shape index (κ3) is 5.55. The van der Waals surface area contributed by atoms with E-state index in [1.807, 2.05) is 18.9 Å². The van der Waals surface area contributed by atoms with Crippen LogP contribution >= 0.6 is 0 Å². The van der Waals surface area contributed by atoms with Crippen LogP contribution in [0.2, 0.25) is 0 Å². The second-order valence-electron chi connectivity index (χ2n) is 7.69. The number of piperidine rings is 1. The van der Waals surface area contributed by atoms with Gasteiger partial charge in [0.1, 0.15) is 5.82 Å². The zero-order valence-corrected chi connectivity index (χ0v) is 16.8. The van der Waals surface area contributed by atoms with Crippen molar-refractivity contribution in [3.05, 3.63) is 65.5 Å². The number of halogens is 1. The Labute approximate surface area is 167 Å². The number of amides is 1. The Bertz CT molecular complexity index is 772. The molecule has 0 spiro atoms. The second-order valence-corrected chi connectivity index (χ2v) is 7.69. The Morgan fingerprint density at radius 1 is 1.11 bits per heavy atom. The fourth-order valence-corrected chi connectivity index (χ4v) is 3.80. The molecule has 0 saturated carbocycles. The maximum Gasteiger partial charge on any atom is 0.234 e. The number of likely N-dealkylation sites (N-methyl/N-ethyl adjacent to an activating group) is 1. The van der Waals surface area contributed by atoms with Crippen LogP contribution in [0.1, 0.15) is 43.4 Å². The summed E-state index contributed by atoms with van der Waals surface area (Å²) in [4.78, 5) is 16.9. The molecule has 1 unspecified atom stereocenters. The molecule has 2 aromatic rings. The van der Waals surface area contributed by atoms with Crippen molar-refractivity contribution in [3.8, 4) is 0 Å². The number of nitrogens with one attached hydrogen (secondary N) is 1. The van der Waals surface area contributed by atoms with Crippen molar-refractivity contribution in [1.82, 2.24) is 10.2 Å². The van der Waals surface area contributed by atoms with Crippen LogP contribution in [-0.4, -0.2) is 37.5 Å². The molecule has 1 saturated heterocycles. The average Bonchev–Trinajstić information content (AvgIpc) is 2.69. The molecule has 0 aliphatic carbocycles. The quantitative estimate of drug-likeness (QED) is 0.781. The maximum absolute atomic E-state index is 13.1. The summed E-state index contributed by atoms with van der Waals surface area (Å²) >= 11 is 0. The summed E-state index contributed by atoms with van der Waals surface area (Å²) < 4.78 is 13.1. The van der Waals surface area contributed by atoms with Crippen molar-refractivity contribution in [2.45, 2.75) is 38.8 Å². The molecule has 28 heavy (non-hydrogen) atoms. The number of carbonyl (C=O) groups excluding carboxylic acids is 1. The van der Waals surface area contributed by atoms with Gasteiger partial charge >= 0.3 is 0 Å². The second kappa shape index (κ2) is 9.69. The number of rotatable bonds is 7. The van der Waals surface area contributed by atoms with Crippen LogP contribution in [-0.2, 0) is 11.3 Å². The third-order valence-corrected chi connectivity index (χ3v) is 5.29. The van der Waals surface area contributed by atoms with Gasteiger partial charge in [-0.1, -0.05) is 30.3 Å². The van der Waals surface area contributed by atoms with E-state index in [0.29, 0.717) is 6.54 Å². The largest absolute Gasteiger partial charge is 0.371 e. The zero-order valence-electron chi connectivity index (χ0n) is 16.8. The third-order valence-electron chi connectivity index (χ3n) is 5.29. The number of hydrogen-bond donors (Lipinski definition) is 1. The molecule has 1 amide bonds. The SMILES string of the molecule is CC(NC(=O)CN(C)Cc1ccccc1N1CCCCC1)c1ccc(F)cc1. The highest BCUT2D eigenvalue weighted by atomic mass is 19.1. The van der Waals surface area contributed by atoms with E-state index in [2.05, 4.69) is 34.5 Å². The topological polar surface area (TPSA) is 35.6 Å². The molecule has 1 heterocycles. The van der Waals surface area contributed by atoms with E-state index in [1.54, 1.807) is 12.1 Å². The number of anilines is 1. The van der Waals surface area contributed by atoms with Crippen LogP contribution in [0.25, 0.3) is 0 Å². The molecule has 5 heteroatoms. The molecule has 0 radical (unpaired) electrons. The van der Waals surface area contributed by atoms with Gasteiger partial charge in [0, 0.05) is 25.3 Å². The minimum atomic E-state index is -0.269. The molecular weight excluding hydrogens is 353 g/mol. The van der Waals surface area contributed by atoms with Crippen molar-refractivity contribution >= 4 is 11.6 Å². The minimum Gasteiger partial charge on any atom is -0.371 e. The fraction of sp³-hybridized carbons (Fsp3) is 0.435. The van der Waals surface area contributed by atoms with Crippen LogP contribution in [0.15, 0.2) is 48.5 Å². The predicted molar refractivity (Wildman–Crippen MR) is 112 cm³/mol. The molecule has 1 atom stereocenters. The van der Waals surface area contributed by atoms with Gasteiger partial charge in [0.2, 0.25) is 5.91 Å². The normalized spacial score (nSPS) is 15.5. The Morgan fingerprint density at radius 2 is 1.79 bits per heavy atom. The van der Waals surface area contributed by atoms with E-state index >= 15 is 0 Å². The Hall–Kier alpha value is -2.40. The highest BCUT2D eigenvalue weighted by Crippen LogP contribution is 2.25. The lowest BCUT2D eigenvalue weighted by molar-refractivity contribution is -0.122. The Morgan fingerprint density at radius 3 is 2.50 bits per heavy atom. The highest BCUT2D eigenvalue weighted by Gasteiger charge is 2.16. The molecule has 1 N–H and O–H groups in total. The molecule has 0 aromatic heterocycles. The Balaban J connectivity index is 1.55. The Kier molecular flexibility index (Phi) is 7.04. The monoisotopic (exact) mass is 383 g/mol. The summed E-state index contributed by atoms with van der Waals surface area (Å²) in [7, 11) is 1.97. The number of carbonyl (C=O) groups is 1. The van der Waals surface area contributed by atoms with Gasteiger partial charge in [-0.3, -0.25) is 9.69 Å². The summed E-state index contributed by atoms with van der Waals surface area (Å²) in [6, 6.07) is 14.6. The first kappa shape index (κ1) is 20.3. The molecular formula is C23H30FN3O. The van der Waals surface area contributed by atoms with E-state index in [-0.39, 0.29) is 17.8 Å². The number of hydrogen-bond acceptors (Lipinski definition) is 3. The highest BCUT2D eigenvalue weighted by molar-refractivity contribution is 5.78. The molecule has 1 aliphatic heterocycles. The predicted octanol–water partition coefficient (Wildman–Crippen LogP) is 4.13. The summed E-state index contributed by atoms with van der Waals surface area (Å²) in [5.41, 5.74) is 3.44. The van der Waals surface area contributed by atoms with Crippen molar-refractivity contribution < 1.29 is 9.18 Å². The average molecular weight is 384 g/mol. The summed E-state index contributed by atoms with van der Waals surface area (Å²) in [5, 5.41) is 3.00. The van der Waals surface area contributed by atoms with Crippen LogP contribution < -0.4 is 10.2 Å². The fourth-order valence-electron chi connectivity index (χ4n) is 3.80. The lowest BCUT2D eigenvalue weighted by Gasteiger charge is -2.31. The lowest BCUT2D eigenvalue weighted by atomic mass is 10.1. The van der Waals surface area contributed by atoms with E-state index in [9.17, 15) is 9.18 Å². The molecule has 4 nitrogen and oxygen atoms in total. The molecule has 0 bridgehead atoms. The smallest absolute Gasteiger partial charge is 0.234 e. The van der Waals surface area contributed by atoms with Crippen molar-refractivity contribution in [1.29, 1.82) is 0 Å².